The third-order valence-electron chi connectivity index (χ3n) is 4.36. The van der Waals surface area contributed by atoms with Crippen LogP contribution in [0.2, 0.25) is 0 Å². The van der Waals surface area contributed by atoms with Crippen LogP contribution in [0.3, 0.4) is 0 Å². The second-order valence-electron chi connectivity index (χ2n) is 7.01. The lowest BCUT2D eigenvalue weighted by molar-refractivity contribution is 0.0277. The molecule has 7 heteroatoms. The van der Waals surface area contributed by atoms with Crippen molar-refractivity contribution in [2.24, 2.45) is 4.99 Å². The lowest BCUT2D eigenvalue weighted by Gasteiger charge is -2.22. The van der Waals surface area contributed by atoms with E-state index < -0.39 is 0 Å². The molecular formula is C20H35IN4O2. The second kappa shape index (κ2) is 14.0. The molecular weight excluding hydrogens is 455 g/mol. The number of ether oxygens (including phenoxy) is 2. The van der Waals surface area contributed by atoms with E-state index in [1.54, 1.807) is 7.05 Å². The highest BCUT2D eigenvalue weighted by molar-refractivity contribution is 14.0. The molecule has 0 bridgehead atoms. The summed E-state index contributed by atoms with van der Waals surface area (Å²) >= 11 is 0. The van der Waals surface area contributed by atoms with E-state index in [-0.39, 0.29) is 30.1 Å². The lowest BCUT2D eigenvalue weighted by atomic mass is 9.98. The Morgan fingerprint density at radius 1 is 1.22 bits per heavy atom. The number of guanidine groups is 1. The van der Waals surface area contributed by atoms with Gasteiger partial charge >= 0.3 is 0 Å². The molecule has 2 N–H and O–H groups in total. The Labute approximate surface area is 180 Å². The van der Waals surface area contributed by atoms with Crippen LogP contribution < -0.4 is 15.4 Å². The van der Waals surface area contributed by atoms with E-state index >= 15 is 0 Å². The lowest BCUT2D eigenvalue weighted by Crippen LogP contribution is -2.37. The molecule has 0 unspecified atom stereocenters. The Hall–Kier alpha value is -1.09. The van der Waals surface area contributed by atoms with Crippen molar-refractivity contribution in [3.8, 4) is 5.88 Å². The topological polar surface area (TPSA) is 67.8 Å². The van der Waals surface area contributed by atoms with Crippen molar-refractivity contribution in [3.63, 3.8) is 0 Å². The van der Waals surface area contributed by atoms with Crippen LogP contribution in [0.25, 0.3) is 0 Å². The zero-order valence-electron chi connectivity index (χ0n) is 16.9. The molecule has 1 aromatic rings. The first-order valence-electron chi connectivity index (χ1n) is 9.85. The van der Waals surface area contributed by atoms with Gasteiger partial charge in [0.15, 0.2) is 5.96 Å². The van der Waals surface area contributed by atoms with E-state index in [9.17, 15) is 0 Å². The Balaban J connectivity index is 0.00000364. The molecule has 1 saturated carbocycles. The monoisotopic (exact) mass is 490 g/mol. The number of pyridine rings is 1. The van der Waals surface area contributed by atoms with Gasteiger partial charge in [0.05, 0.1) is 12.2 Å². The molecule has 0 aromatic carbocycles. The fourth-order valence-corrected chi connectivity index (χ4v) is 2.99. The van der Waals surface area contributed by atoms with Crippen molar-refractivity contribution < 1.29 is 9.47 Å². The van der Waals surface area contributed by atoms with Crippen LogP contribution in [-0.4, -0.2) is 43.4 Å². The van der Waals surface area contributed by atoms with E-state index in [0.29, 0.717) is 18.5 Å². The summed E-state index contributed by atoms with van der Waals surface area (Å²) in [5, 5.41) is 6.63. The molecule has 154 valence electrons. The van der Waals surface area contributed by atoms with Gasteiger partial charge in [0, 0.05) is 39.0 Å². The van der Waals surface area contributed by atoms with Crippen LogP contribution in [-0.2, 0) is 11.3 Å². The number of aliphatic imine (C=N–C) groups is 1. The van der Waals surface area contributed by atoms with Crippen molar-refractivity contribution in [2.75, 3.05) is 20.2 Å². The van der Waals surface area contributed by atoms with E-state index in [1.165, 1.54) is 32.1 Å². The summed E-state index contributed by atoms with van der Waals surface area (Å²) in [6, 6.07) is 3.92. The van der Waals surface area contributed by atoms with Gasteiger partial charge in [-0.3, -0.25) is 4.99 Å². The highest BCUT2D eigenvalue weighted by atomic mass is 127. The van der Waals surface area contributed by atoms with Gasteiger partial charge in [-0.25, -0.2) is 4.98 Å². The zero-order chi connectivity index (χ0) is 18.6. The van der Waals surface area contributed by atoms with E-state index in [2.05, 4.69) is 20.6 Å². The average molecular weight is 490 g/mol. The van der Waals surface area contributed by atoms with Gasteiger partial charge in [-0.2, -0.15) is 0 Å². The van der Waals surface area contributed by atoms with Gasteiger partial charge in [-0.05, 0) is 38.7 Å². The van der Waals surface area contributed by atoms with Gasteiger partial charge in [-0.1, -0.05) is 25.3 Å². The third-order valence-corrected chi connectivity index (χ3v) is 4.36. The number of rotatable bonds is 9. The SMILES string of the molecule is CN=C(NCCCOC1CCCCC1)NCc1ccc(OC(C)C)nc1.I. The van der Waals surface area contributed by atoms with Crippen molar-refractivity contribution in [1.82, 2.24) is 15.6 Å². The average Bonchev–Trinajstić information content (AvgIpc) is 2.65. The summed E-state index contributed by atoms with van der Waals surface area (Å²) in [7, 11) is 1.78. The highest BCUT2D eigenvalue weighted by Gasteiger charge is 2.12. The summed E-state index contributed by atoms with van der Waals surface area (Å²) in [4.78, 5) is 8.57. The molecule has 1 aromatic heterocycles. The first-order valence-corrected chi connectivity index (χ1v) is 9.85. The maximum Gasteiger partial charge on any atom is 0.213 e. The summed E-state index contributed by atoms with van der Waals surface area (Å²) in [5.41, 5.74) is 1.09. The maximum absolute atomic E-state index is 5.95. The smallest absolute Gasteiger partial charge is 0.213 e. The van der Waals surface area contributed by atoms with Crippen LogP contribution in [0.5, 0.6) is 5.88 Å². The highest BCUT2D eigenvalue weighted by Crippen LogP contribution is 2.20. The largest absolute Gasteiger partial charge is 0.475 e. The van der Waals surface area contributed by atoms with Gasteiger partial charge in [0.2, 0.25) is 5.88 Å². The third kappa shape index (κ3) is 10.1. The summed E-state index contributed by atoms with van der Waals surface area (Å²) in [5.74, 6) is 1.45. The molecule has 1 heterocycles. The van der Waals surface area contributed by atoms with Crippen molar-refractivity contribution in [2.45, 2.75) is 71.1 Å². The van der Waals surface area contributed by atoms with E-state index in [0.717, 1.165) is 31.1 Å². The Kier molecular flexibility index (Phi) is 12.4. The number of hydrogen-bond acceptors (Lipinski definition) is 4. The molecule has 1 aliphatic rings. The van der Waals surface area contributed by atoms with E-state index in [1.807, 2.05) is 32.2 Å². The van der Waals surface area contributed by atoms with Gasteiger partial charge in [-0.15, -0.1) is 24.0 Å². The van der Waals surface area contributed by atoms with Gasteiger partial charge < -0.3 is 20.1 Å². The standard InChI is InChI=1S/C20H34N4O2.HI/c1-16(2)26-19-11-10-17(14-23-19)15-24-20(21-3)22-12-7-13-25-18-8-5-4-6-9-18;/h10-11,14,16,18H,4-9,12-13,15H2,1-3H3,(H2,21,22,24);1H. The molecule has 27 heavy (non-hydrogen) atoms. The molecule has 0 spiro atoms. The van der Waals surface area contributed by atoms with Crippen LogP contribution >= 0.6 is 24.0 Å². The predicted molar refractivity (Wildman–Crippen MR) is 121 cm³/mol. The minimum Gasteiger partial charge on any atom is -0.475 e. The molecule has 1 fully saturated rings. The van der Waals surface area contributed by atoms with Crippen LogP contribution in [0, 0.1) is 0 Å². The first kappa shape index (κ1) is 23.9. The van der Waals surface area contributed by atoms with E-state index in [4.69, 9.17) is 9.47 Å². The molecule has 2 rings (SSSR count). The minimum absolute atomic E-state index is 0. The molecule has 0 amide bonds. The van der Waals surface area contributed by atoms with Crippen LogP contribution in [0.4, 0.5) is 0 Å². The molecule has 0 radical (unpaired) electrons. The quantitative estimate of drug-likeness (QED) is 0.238. The Morgan fingerprint density at radius 2 is 2.00 bits per heavy atom. The first-order chi connectivity index (χ1) is 12.7. The fourth-order valence-electron chi connectivity index (χ4n) is 2.99. The number of nitrogens with zero attached hydrogens (tertiary/aromatic N) is 2. The summed E-state index contributed by atoms with van der Waals surface area (Å²) < 4.78 is 11.5. The normalized spacial score (nSPS) is 15.3. The van der Waals surface area contributed by atoms with Crippen LogP contribution in [0.15, 0.2) is 23.3 Å². The minimum atomic E-state index is 0. The van der Waals surface area contributed by atoms with Gasteiger partial charge in [0.1, 0.15) is 0 Å². The second-order valence-corrected chi connectivity index (χ2v) is 7.01. The number of nitrogens with one attached hydrogen (secondary N) is 2. The summed E-state index contributed by atoms with van der Waals surface area (Å²) in [6.45, 7) is 6.33. The predicted octanol–water partition coefficient (Wildman–Crippen LogP) is 3.89. The fraction of sp³-hybridized carbons (Fsp3) is 0.700. The number of halogens is 1. The Morgan fingerprint density at radius 3 is 2.63 bits per heavy atom. The molecule has 0 saturated heterocycles. The van der Waals surface area contributed by atoms with Crippen molar-refractivity contribution >= 4 is 29.9 Å². The van der Waals surface area contributed by atoms with Crippen LogP contribution in [0.1, 0.15) is 57.9 Å². The Bertz CT molecular complexity index is 531. The number of hydrogen-bond donors (Lipinski definition) is 2. The zero-order valence-corrected chi connectivity index (χ0v) is 19.2. The van der Waals surface area contributed by atoms with Gasteiger partial charge in [0.25, 0.3) is 0 Å². The van der Waals surface area contributed by atoms with Crippen molar-refractivity contribution in [3.05, 3.63) is 23.9 Å². The molecule has 0 aliphatic heterocycles. The number of aromatic nitrogens is 1. The molecule has 1 aliphatic carbocycles. The summed E-state index contributed by atoms with van der Waals surface area (Å²) in [6.07, 6.45) is 9.89. The molecule has 0 atom stereocenters. The molecule has 6 nitrogen and oxygen atoms in total. The van der Waals surface area contributed by atoms with Crippen molar-refractivity contribution in [1.29, 1.82) is 0 Å². The maximum atomic E-state index is 5.95.